The van der Waals surface area contributed by atoms with E-state index in [1.165, 1.54) is 0 Å². The molecular formula is C12H17BrN2O3. The lowest BCUT2D eigenvalue weighted by atomic mass is 9.94. The molecule has 18 heavy (non-hydrogen) atoms. The molecule has 1 unspecified atom stereocenters. The van der Waals surface area contributed by atoms with E-state index in [1.807, 2.05) is 6.92 Å². The highest BCUT2D eigenvalue weighted by molar-refractivity contribution is 9.10. The minimum atomic E-state index is -0.923. The first kappa shape index (κ1) is 14.8. The van der Waals surface area contributed by atoms with Gasteiger partial charge < -0.3 is 15.0 Å². The SMILES string of the molecule is CCC(C)(CC(=O)O)NC(=O)c1cc(Br)cn1C. The summed E-state index contributed by atoms with van der Waals surface area (Å²) >= 11 is 3.29. The summed E-state index contributed by atoms with van der Waals surface area (Å²) < 4.78 is 2.50. The topological polar surface area (TPSA) is 71.3 Å². The van der Waals surface area contributed by atoms with Crippen LogP contribution in [-0.4, -0.2) is 27.1 Å². The normalized spacial score (nSPS) is 14.0. The maximum Gasteiger partial charge on any atom is 0.305 e. The van der Waals surface area contributed by atoms with Gasteiger partial charge in [-0.05, 0) is 35.3 Å². The van der Waals surface area contributed by atoms with Crippen molar-refractivity contribution in [2.45, 2.75) is 32.2 Å². The Morgan fingerprint density at radius 2 is 2.17 bits per heavy atom. The van der Waals surface area contributed by atoms with Gasteiger partial charge in [0.05, 0.1) is 6.42 Å². The second-order valence-electron chi connectivity index (χ2n) is 4.59. The van der Waals surface area contributed by atoms with Crippen LogP contribution in [0.1, 0.15) is 37.2 Å². The lowest BCUT2D eigenvalue weighted by Gasteiger charge is -2.27. The predicted octanol–water partition coefficient (Wildman–Crippen LogP) is 2.16. The smallest absolute Gasteiger partial charge is 0.305 e. The molecule has 1 rings (SSSR count). The van der Waals surface area contributed by atoms with E-state index in [0.29, 0.717) is 12.1 Å². The Bertz CT molecular complexity index is 470. The van der Waals surface area contributed by atoms with Crippen molar-refractivity contribution in [1.29, 1.82) is 0 Å². The van der Waals surface area contributed by atoms with Crippen LogP contribution in [0.4, 0.5) is 0 Å². The molecule has 0 saturated carbocycles. The highest BCUT2D eigenvalue weighted by Crippen LogP contribution is 2.18. The molecule has 1 atom stereocenters. The predicted molar refractivity (Wildman–Crippen MR) is 71.5 cm³/mol. The molecule has 1 amide bonds. The van der Waals surface area contributed by atoms with E-state index in [9.17, 15) is 9.59 Å². The fraction of sp³-hybridized carbons (Fsp3) is 0.500. The number of carbonyl (C=O) groups excluding carboxylic acids is 1. The van der Waals surface area contributed by atoms with Gasteiger partial charge >= 0.3 is 5.97 Å². The van der Waals surface area contributed by atoms with E-state index in [1.54, 1.807) is 30.8 Å². The molecule has 1 aromatic rings. The molecule has 0 aliphatic heterocycles. The minimum Gasteiger partial charge on any atom is -0.481 e. The van der Waals surface area contributed by atoms with Crippen LogP contribution in [0, 0.1) is 0 Å². The molecule has 2 N–H and O–H groups in total. The molecule has 0 fully saturated rings. The molecule has 0 aliphatic rings. The fourth-order valence-corrected chi connectivity index (χ4v) is 2.20. The molecule has 0 radical (unpaired) electrons. The molecule has 100 valence electrons. The van der Waals surface area contributed by atoms with Gasteiger partial charge in [0.1, 0.15) is 5.69 Å². The van der Waals surface area contributed by atoms with Gasteiger partial charge in [-0.15, -0.1) is 0 Å². The van der Waals surface area contributed by atoms with Crippen molar-refractivity contribution in [3.8, 4) is 0 Å². The summed E-state index contributed by atoms with van der Waals surface area (Å²) in [7, 11) is 1.76. The second kappa shape index (κ2) is 5.56. The number of rotatable bonds is 5. The molecule has 0 spiro atoms. The van der Waals surface area contributed by atoms with Gasteiger partial charge in [-0.25, -0.2) is 0 Å². The van der Waals surface area contributed by atoms with Crippen LogP contribution >= 0.6 is 15.9 Å². The van der Waals surface area contributed by atoms with Gasteiger partial charge in [-0.2, -0.15) is 0 Å². The monoisotopic (exact) mass is 316 g/mol. The van der Waals surface area contributed by atoms with E-state index >= 15 is 0 Å². The number of nitrogens with one attached hydrogen (secondary N) is 1. The molecule has 6 heteroatoms. The third-order valence-corrected chi connectivity index (χ3v) is 3.37. The summed E-state index contributed by atoms with van der Waals surface area (Å²) in [5.74, 6) is -1.19. The van der Waals surface area contributed by atoms with Gasteiger partial charge in [-0.1, -0.05) is 6.92 Å². The summed E-state index contributed by atoms with van der Waals surface area (Å²) in [4.78, 5) is 22.9. The maximum absolute atomic E-state index is 12.1. The number of aliphatic carboxylic acids is 1. The van der Waals surface area contributed by atoms with Crippen molar-refractivity contribution < 1.29 is 14.7 Å². The van der Waals surface area contributed by atoms with Crippen LogP contribution in [0.5, 0.6) is 0 Å². The van der Waals surface area contributed by atoms with Crippen LogP contribution in [0.3, 0.4) is 0 Å². The van der Waals surface area contributed by atoms with Crippen molar-refractivity contribution in [3.63, 3.8) is 0 Å². The Balaban J connectivity index is 2.85. The van der Waals surface area contributed by atoms with Crippen molar-refractivity contribution in [2.75, 3.05) is 0 Å². The number of carboxylic acids is 1. The molecule has 0 aromatic carbocycles. The van der Waals surface area contributed by atoms with Gasteiger partial charge in [0, 0.05) is 23.3 Å². The summed E-state index contributed by atoms with van der Waals surface area (Å²) in [5, 5.41) is 11.6. The summed E-state index contributed by atoms with van der Waals surface area (Å²) in [6.45, 7) is 3.58. The van der Waals surface area contributed by atoms with Gasteiger partial charge in [0.2, 0.25) is 0 Å². The van der Waals surface area contributed by atoms with Gasteiger partial charge in [0.25, 0.3) is 5.91 Å². The lowest BCUT2D eigenvalue weighted by Crippen LogP contribution is -2.47. The number of carbonyl (C=O) groups is 2. The number of hydrogen-bond donors (Lipinski definition) is 2. The molecule has 0 saturated heterocycles. The van der Waals surface area contributed by atoms with Crippen molar-refractivity contribution in [2.24, 2.45) is 7.05 Å². The van der Waals surface area contributed by atoms with E-state index in [4.69, 9.17) is 5.11 Å². The number of halogens is 1. The summed E-state index contributed by atoms with van der Waals surface area (Å²) in [6.07, 6.45) is 2.23. The zero-order valence-electron chi connectivity index (χ0n) is 10.7. The third kappa shape index (κ3) is 3.60. The van der Waals surface area contributed by atoms with E-state index in [2.05, 4.69) is 21.2 Å². The van der Waals surface area contributed by atoms with Crippen LogP contribution in [0.2, 0.25) is 0 Å². The molecule has 1 aromatic heterocycles. The van der Waals surface area contributed by atoms with Gasteiger partial charge in [0.15, 0.2) is 0 Å². The Kier molecular flexibility index (Phi) is 4.56. The highest BCUT2D eigenvalue weighted by atomic mass is 79.9. The third-order valence-electron chi connectivity index (χ3n) is 2.94. The maximum atomic E-state index is 12.1. The van der Waals surface area contributed by atoms with E-state index < -0.39 is 11.5 Å². The standard InChI is InChI=1S/C12H17BrN2O3/c1-4-12(2,6-10(16)17)14-11(18)9-5-8(13)7-15(9)3/h5,7H,4,6H2,1-3H3,(H,14,18)(H,16,17). The first-order valence-corrected chi connectivity index (χ1v) is 6.43. The Hall–Kier alpha value is -1.30. The van der Waals surface area contributed by atoms with Crippen LogP contribution in [0.25, 0.3) is 0 Å². The average Bonchev–Trinajstić information content (AvgIpc) is 2.56. The number of carboxylic acid groups (broad SMARTS) is 1. The Morgan fingerprint density at radius 3 is 2.56 bits per heavy atom. The molecule has 0 aliphatic carbocycles. The van der Waals surface area contributed by atoms with Crippen molar-refractivity contribution in [3.05, 3.63) is 22.4 Å². The fourth-order valence-electron chi connectivity index (χ4n) is 1.68. The number of nitrogens with zero attached hydrogens (tertiary/aromatic N) is 1. The number of hydrogen-bond acceptors (Lipinski definition) is 2. The number of amides is 1. The largest absolute Gasteiger partial charge is 0.481 e. The van der Waals surface area contributed by atoms with Crippen molar-refractivity contribution >= 4 is 27.8 Å². The van der Waals surface area contributed by atoms with Crippen LogP contribution in [0.15, 0.2) is 16.7 Å². The lowest BCUT2D eigenvalue weighted by molar-refractivity contribution is -0.138. The molecule has 1 heterocycles. The first-order valence-electron chi connectivity index (χ1n) is 5.63. The minimum absolute atomic E-state index is 0.0964. The zero-order chi connectivity index (χ0) is 13.9. The Labute approximate surface area is 114 Å². The second-order valence-corrected chi connectivity index (χ2v) is 5.51. The van der Waals surface area contributed by atoms with Gasteiger partial charge in [-0.3, -0.25) is 9.59 Å². The highest BCUT2D eigenvalue weighted by Gasteiger charge is 2.28. The summed E-state index contributed by atoms with van der Waals surface area (Å²) in [5.41, 5.74) is -0.244. The van der Waals surface area contributed by atoms with Crippen LogP contribution in [-0.2, 0) is 11.8 Å². The molecule has 0 bridgehead atoms. The molecular weight excluding hydrogens is 300 g/mol. The zero-order valence-corrected chi connectivity index (χ0v) is 12.2. The average molecular weight is 317 g/mol. The van der Waals surface area contributed by atoms with Crippen molar-refractivity contribution in [1.82, 2.24) is 9.88 Å². The first-order chi connectivity index (χ1) is 8.27. The Morgan fingerprint density at radius 1 is 1.56 bits per heavy atom. The van der Waals surface area contributed by atoms with E-state index in [0.717, 1.165) is 4.47 Å². The number of aryl methyl sites for hydroxylation is 1. The van der Waals surface area contributed by atoms with E-state index in [-0.39, 0.29) is 12.3 Å². The molecule has 5 nitrogen and oxygen atoms in total. The van der Waals surface area contributed by atoms with Crippen LogP contribution < -0.4 is 5.32 Å². The summed E-state index contributed by atoms with van der Waals surface area (Å²) in [6, 6.07) is 1.70. The number of aromatic nitrogens is 1. The quantitative estimate of drug-likeness (QED) is 0.874.